The van der Waals surface area contributed by atoms with Crippen molar-refractivity contribution in [2.24, 2.45) is 11.7 Å². The molecule has 0 saturated heterocycles. The number of carbonyl (C=O) groups excluding carboxylic acids is 3. The van der Waals surface area contributed by atoms with Gasteiger partial charge in [0.25, 0.3) is 0 Å². The third-order valence-electron chi connectivity index (χ3n) is 5.31. The number of thioether (sulfide) groups is 1. The Morgan fingerprint density at radius 2 is 1.49 bits per heavy atom. The fraction of sp³-hybridized carbons (Fsp3) is 0.565. The molecule has 0 aliphatic heterocycles. The molecule has 0 saturated carbocycles. The number of carbonyl (C=O) groups is 4. The Kier molecular flexibility index (Phi) is 12.5. The molecule has 0 bridgehead atoms. The molecular formula is C23H36N4O7S. The quantitative estimate of drug-likeness (QED) is 0.174. The Morgan fingerprint density at radius 1 is 0.943 bits per heavy atom. The number of nitrogens with one attached hydrogen (secondary N) is 3. The molecule has 8 N–H and O–H groups in total. The average molecular weight is 513 g/mol. The Bertz CT molecular complexity index is 864. The van der Waals surface area contributed by atoms with Crippen molar-refractivity contribution in [2.75, 3.05) is 12.0 Å². The molecule has 3 amide bonds. The first kappa shape index (κ1) is 30.2. The summed E-state index contributed by atoms with van der Waals surface area (Å²) in [5.41, 5.74) is 6.31. The number of amides is 3. The lowest BCUT2D eigenvalue weighted by Gasteiger charge is -2.26. The minimum absolute atomic E-state index is 0.0188. The Labute approximate surface area is 209 Å². The molecule has 5 unspecified atom stereocenters. The van der Waals surface area contributed by atoms with Crippen LogP contribution in [-0.2, 0) is 25.6 Å². The van der Waals surface area contributed by atoms with Crippen molar-refractivity contribution in [2.45, 2.75) is 63.9 Å². The van der Waals surface area contributed by atoms with Gasteiger partial charge in [-0.1, -0.05) is 26.0 Å². The molecule has 1 rings (SSSR count). The summed E-state index contributed by atoms with van der Waals surface area (Å²) in [6.07, 6.45) is 0.925. The van der Waals surface area contributed by atoms with Crippen LogP contribution in [0.15, 0.2) is 24.3 Å². The second-order valence-electron chi connectivity index (χ2n) is 8.61. The highest BCUT2D eigenvalue weighted by Crippen LogP contribution is 2.12. The second-order valence-corrected chi connectivity index (χ2v) is 9.59. The molecule has 1 aromatic carbocycles. The third-order valence-corrected chi connectivity index (χ3v) is 5.95. The molecular weight excluding hydrogens is 476 g/mol. The fourth-order valence-corrected chi connectivity index (χ4v) is 3.58. The molecule has 0 heterocycles. The highest BCUT2D eigenvalue weighted by molar-refractivity contribution is 7.98. The summed E-state index contributed by atoms with van der Waals surface area (Å²) in [6, 6.07) is 1.42. The van der Waals surface area contributed by atoms with Gasteiger partial charge in [0.1, 0.15) is 29.9 Å². The summed E-state index contributed by atoms with van der Waals surface area (Å²) in [5, 5.41) is 36.1. The van der Waals surface area contributed by atoms with Gasteiger partial charge in [-0.2, -0.15) is 11.8 Å². The highest BCUT2D eigenvalue weighted by Gasteiger charge is 2.31. The molecule has 5 atom stereocenters. The number of hydrogen-bond donors (Lipinski definition) is 7. The molecule has 0 fully saturated rings. The number of aliphatic carboxylic acids is 1. The van der Waals surface area contributed by atoms with Crippen molar-refractivity contribution in [3.8, 4) is 5.75 Å². The van der Waals surface area contributed by atoms with Crippen LogP contribution >= 0.6 is 11.8 Å². The second kappa shape index (κ2) is 14.5. The summed E-state index contributed by atoms with van der Waals surface area (Å²) < 4.78 is 0. The monoisotopic (exact) mass is 512 g/mol. The topological polar surface area (TPSA) is 191 Å². The SMILES string of the molecule is CSCCC(NC(=O)C(Cc1ccc(O)cc1)NC(=O)C(N)C(C)O)C(=O)NC(C(=O)O)C(C)C. The molecule has 0 aliphatic rings. The molecule has 12 heteroatoms. The van der Waals surface area contributed by atoms with E-state index in [9.17, 15) is 34.5 Å². The lowest BCUT2D eigenvalue weighted by atomic mass is 10.0. The number of benzene rings is 1. The van der Waals surface area contributed by atoms with Gasteiger partial charge in [-0.25, -0.2) is 4.79 Å². The van der Waals surface area contributed by atoms with E-state index in [2.05, 4.69) is 16.0 Å². The minimum Gasteiger partial charge on any atom is -0.508 e. The molecule has 0 spiro atoms. The first-order valence-corrected chi connectivity index (χ1v) is 12.6. The van der Waals surface area contributed by atoms with Crippen molar-refractivity contribution >= 4 is 35.5 Å². The summed E-state index contributed by atoms with van der Waals surface area (Å²) >= 11 is 1.45. The van der Waals surface area contributed by atoms with Gasteiger partial charge in [0, 0.05) is 6.42 Å². The molecule has 1 aromatic rings. The number of phenolic OH excluding ortho intramolecular Hbond substituents is 1. The Morgan fingerprint density at radius 3 is 1.97 bits per heavy atom. The Hall–Kier alpha value is -2.83. The zero-order valence-corrected chi connectivity index (χ0v) is 21.2. The van der Waals surface area contributed by atoms with Crippen molar-refractivity contribution in [1.29, 1.82) is 0 Å². The summed E-state index contributed by atoms with van der Waals surface area (Å²) in [5.74, 6) is -3.10. The predicted octanol–water partition coefficient (Wildman–Crippen LogP) is -0.409. The van der Waals surface area contributed by atoms with Gasteiger partial charge in [0.2, 0.25) is 17.7 Å². The van der Waals surface area contributed by atoms with E-state index in [0.717, 1.165) is 0 Å². The molecule has 0 radical (unpaired) electrons. The van der Waals surface area contributed by atoms with Gasteiger partial charge in [-0.15, -0.1) is 0 Å². The Balaban J connectivity index is 3.12. The zero-order valence-electron chi connectivity index (χ0n) is 20.4. The molecule has 196 valence electrons. The van der Waals surface area contributed by atoms with Crippen LogP contribution in [0.5, 0.6) is 5.75 Å². The maximum Gasteiger partial charge on any atom is 0.326 e. The minimum atomic E-state index is -1.27. The van der Waals surface area contributed by atoms with Crippen molar-refractivity contribution in [1.82, 2.24) is 16.0 Å². The van der Waals surface area contributed by atoms with E-state index in [-0.39, 0.29) is 24.5 Å². The van der Waals surface area contributed by atoms with Gasteiger partial charge in [-0.05, 0) is 49.0 Å². The van der Waals surface area contributed by atoms with Crippen LogP contribution in [0.4, 0.5) is 0 Å². The number of nitrogens with two attached hydrogens (primary N) is 1. The normalized spacial score (nSPS) is 15.4. The number of aliphatic hydroxyl groups is 1. The predicted molar refractivity (Wildman–Crippen MR) is 133 cm³/mol. The smallest absolute Gasteiger partial charge is 0.326 e. The van der Waals surface area contributed by atoms with Crippen molar-refractivity contribution < 1.29 is 34.5 Å². The van der Waals surface area contributed by atoms with Crippen LogP contribution in [-0.4, -0.2) is 81.3 Å². The first-order chi connectivity index (χ1) is 16.4. The van der Waals surface area contributed by atoms with E-state index >= 15 is 0 Å². The van der Waals surface area contributed by atoms with Crippen LogP contribution in [0.25, 0.3) is 0 Å². The maximum absolute atomic E-state index is 13.2. The number of aliphatic hydroxyl groups excluding tert-OH is 1. The largest absolute Gasteiger partial charge is 0.508 e. The van der Waals surface area contributed by atoms with Gasteiger partial charge in [0.15, 0.2) is 0 Å². The number of rotatable bonds is 14. The fourth-order valence-electron chi connectivity index (χ4n) is 3.11. The first-order valence-electron chi connectivity index (χ1n) is 11.2. The van der Waals surface area contributed by atoms with Crippen LogP contribution in [0.2, 0.25) is 0 Å². The standard InChI is InChI=1S/C23H36N4O7S/c1-12(2)19(23(33)34)27-20(30)16(9-10-35-4)25-21(31)17(26-22(32)18(24)13(3)28)11-14-5-7-15(29)8-6-14/h5-8,12-13,16-19,28-29H,9-11,24H2,1-4H3,(H,25,31)(H,26,32)(H,27,30)(H,33,34). The van der Waals surface area contributed by atoms with E-state index in [1.807, 2.05) is 6.26 Å². The van der Waals surface area contributed by atoms with E-state index in [0.29, 0.717) is 11.3 Å². The molecule has 0 aromatic heterocycles. The van der Waals surface area contributed by atoms with Crippen molar-refractivity contribution in [3.63, 3.8) is 0 Å². The van der Waals surface area contributed by atoms with E-state index in [1.165, 1.54) is 30.8 Å². The lowest BCUT2D eigenvalue weighted by molar-refractivity contribution is -0.143. The molecule has 11 nitrogen and oxygen atoms in total. The highest BCUT2D eigenvalue weighted by atomic mass is 32.2. The van der Waals surface area contributed by atoms with Crippen LogP contribution in [0.3, 0.4) is 0 Å². The zero-order chi connectivity index (χ0) is 26.7. The van der Waals surface area contributed by atoms with Crippen LogP contribution < -0.4 is 21.7 Å². The van der Waals surface area contributed by atoms with Gasteiger partial charge in [0.05, 0.1) is 6.10 Å². The number of aromatic hydroxyl groups is 1. The maximum atomic E-state index is 13.2. The summed E-state index contributed by atoms with van der Waals surface area (Å²) in [4.78, 5) is 50.0. The van der Waals surface area contributed by atoms with Gasteiger partial charge in [-0.3, -0.25) is 14.4 Å². The van der Waals surface area contributed by atoms with Gasteiger partial charge >= 0.3 is 5.97 Å². The number of hydrogen-bond acceptors (Lipinski definition) is 8. The van der Waals surface area contributed by atoms with Crippen LogP contribution in [0, 0.1) is 5.92 Å². The summed E-state index contributed by atoms with van der Waals surface area (Å²) in [6.45, 7) is 4.65. The van der Waals surface area contributed by atoms with Crippen LogP contribution in [0.1, 0.15) is 32.8 Å². The van der Waals surface area contributed by atoms with E-state index < -0.39 is 54.0 Å². The van der Waals surface area contributed by atoms with Gasteiger partial charge < -0.3 is 37.0 Å². The number of carboxylic acids is 1. The van der Waals surface area contributed by atoms with Crippen molar-refractivity contribution in [3.05, 3.63) is 29.8 Å². The number of carboxylic acid groups (broad SMARTS) is 1. The third kappa shape index (κ3) is 10.1. The van der Waals surface area contributed by atoms with E-state index in [1.54, 1.807) is 26.0 Å². The average Bonchev–Trinajstić information content (AvgIpc) is 2.79. The molecule has 35 heavy (non-hydrogen) atoms. The summed E-state index contributed by atoms with van der Waals surface area (Å²) in [7, 11) is 0. The molecule has 0 aliphatic carbocycles. The van der Waals surface area contributed by atoms with E-state index in [4.69, 9.17) is 5.73 Å². The number of phenols is 1. The lowest BCUT2D eigenvalue weighted by Crippen LogP contribution is -2.59.